The van der Waals surface area contributed by atoms with E-state index in [0.29, 0.717) is 0 Å². The molecular formula is C19H16N2. The Labute approximate surface area is 123 Å². The lowest BCUT2D eigenvalue weighted by Crippen LogP contribution is -1.91. The quantitative estimate of drug-likeness (QED) is 0.538. The van der Waals surface area contributed by atoms with Crippen molar-refractivity contribution in [3.05, 3.63) is 72.8 Å². The number of nitrogens with zero attached hydrogens (tertiary/aromatic N) is 1. The number of aryl methyl sites for hydroxylation is 1. The first-order chi connectivity index (χ1) is 10.3. The molecule has 0 spiro atoms. The first-order valence-corrected chi connectivity index (χ1v) is 7.13. The molecule has 102 valence electrons. The lowest BCUT2D eigenvalue weighted by molar-refractivity contribution is 1.01. The zero-order valence-corrected chi connectivity index (χ0v) is 11.9. The molecule has 0 atom stereocenters. The molecule has 0 unspecified atom stereocenters. The van der Waals surface area contributed by atoms with Gasteiger partial charge in [0.15, 0.2) is 0 Å². The van der Waals surface area contributed by atoms with E-state index in [0.717, 1.165) is 11.4 Å². The highest BCUT2D eigenvalue weighted by Gasteiger charge is 2.11. The highest BCUT2D eigenvalue weighted by molar-refractivity contribution is 6.14. The normalized spacial score (nSPS) is 11.1. The molecule has 0 aliphatic rings. The van der Waals surface area contributed by atoms with Crippen LogP contribution in [0.1, 0.15) is 0 Å². The van der Waals surface area contributed by atoms with Crippen molar-refractivity contribution in [3.63, 3.8) is 0 Å². The highest BCUT2D eigenvalue weighted by Crippen LogP contribution is 2.34. The van der Waals surface area contributed by atoms with Gasteiger partial charge in [0.05, 0.1) is 5.52 Å². The second-order valence-corrected chi connectivity index (χ2v) is 5.27. The molecule has 1 heterocycles. The van der Waals surface area contributed by atoms with Gasteiger partial charge in [-0.2, -0.15) is 0 Å². The molecule has 0 saturated heterocycles. The lowest BCUT2D eigenvalue weighted by atomic mass is 10.1. The molecule has 1 N–H and O–H groups in total. The molecule has 2 nitrogen and oxygen atoms in total. The summed E-state index contributed by atoms with van der Waals surface area (Å²) in [5.41, 5.74) is 4.76. The van der Waals surface area contributed by atoms with Crippen LogP contribution in [0.15, 0.2) is 72.8 Å². The van der Waals surface area contributed by atoms with Gasteiger partial charge in [-0.15, -0.1) is 0 Å². The minimum Gasteiger partial charge on any atom is -0.355 e. The number of hydrogen-bond acceptors (Lipinski definition) is 1. The van der Waals surface area contributed by atoms with E-state index < -0.39 is 0 Å². The number of benzene rings is 3. The van der Waals surface area contributed by atoms with Gasteiger partial charge < -0.3 is 9.88 Å². The third-order valence-corrected chi connectivity index (χ3v) is 3.99. The Bertz CT molecular complexity index is 920. The average molecular weight is 272 g/mol. The van der Waals surface area contributed by atoms with Crippen molar-refractivity contribution < 1.29 is 0 Å². The van der Waals surface area contributed by atoms with Crippen molar-refractivity contribution in [1.29, 1.82) is 0 Å². The van der Waals surface area contributed by atoms with E-state index in [1.165, 1.54) is 21.8 Å². The summed E-state index contributed by atoms with van der Waals surface area (Å²) in [6.07, 6.45) is 0. The van der Waals surface area contributed by atoms with E-state index in [9.17, 15) is 0 Å². The largest absolute Gasteiger partial charge is 0.355 e. The van der Waals surface area contributed by atoms with Crippen molar-refractivity contribution in [1.82, 2.24) is 4.57 Å². The van der Waals surface area contributed by atoms with Crippen LogP contribution >= 0.6 is 0 Å². The summed E-state index contributed by atoms with van der Waals surface area (Å²) in [5, 5.41) is 6.10. The topological polar surface area (TPSA) is 17.0 Å². The Hall–Kier alpha value is -2.74. The molecule has 4 rings (SSSR count). The van der Waals surface area contributed by atoms with Gasteiger partial charge in [0, 0.05) is 34.7 Å². The van der Waals surface area contributed by atoms with Gasteiger partial charge in [-0.3, -0.25) is 0 Å². The van der Waals surface area contributed by atoms with Crippen LogP contribution < -0.4 is 5.32 Å². The van der Waals surface area contributed by atoms with E-state index in [4.69, 9.17) is 0 Å². The van der Waals surface area contributed by atoms with Crippen LogP contribution in [0.4, 0.5) is 11.4 Å². The molecule has 0 amide bonds. The van der Waals surface area contributed by atoms with Gasteiger partial charge in [-0.1, -0.05) is 42.5 Å². The predicted molar refractivity (Wildman–Crippen MR) is 90.1 cm³/mol. The summed E-state index contributed by atoms with van der Waals surface area (Å²) in [7, 11) is 2.12. The fourth-order valence-electron chi connectivity index (χ4n) is 2.99. The summed E-state index contributed by atoms with van der Waals surface area (Å²) in [6, 6.07) is 25.3. The molecule has 0 aliphatic carbocycles. The minimum absolute atomic E-state index is 1.11. The van der Waals surface area contributed by atoms with Gasteiger partial charge in [-0.05, 0) is 30.3 Å². The maximum atomic E-state index is 3.54. The molecule has 0 saturated carbocycles. The number of aromatic nitrogens is 1. The third-order valence-electron chi connectivity index (χ3n) is 3.99. The average Bonchev–Trinajstić information content (AvgIpc) is 2.83. The molecule has 0 bridgehead atoms. The SMILES string of the molecule is Cn1c2ccccc2c2c(Nc3ccccc3)cccc21. The number of rotatable bonds is 2. The summed E-state index contributed by atoms with van der Waals surface area (Å²) in [5.74, 6) is 0. The van der Waals surface area contributed by atoms with Crippen LogP contribution in [0.25, 0.3) is 21.8 Å². The molecule has 0 aliphatic heterocycles. The van der Waals surface area contributed by atoms with E-state index in [-0.39, 0.29) is 0 Å². The maximum absolute atomic E-state index is 3.54. The van der Waals surface area contributed by atoms with E-state index in [2.05, 4.69) is 71.5 Å². The zero-order chi connectivity index (χ0) is 14.2. The van der Waals surface area contributed by atoms with Crippen LogP contribution in [0.3, 0.4) is 0 Å². The number of fused-ring (bicyclic) bond motifs is 3. The second-order valence-electron chi connectivity index (χ2n) is 5.27. The Morgan fingerprint density at radius 2 is 1.43 bits per heavy atom. The number of para-hydroxylation sites is 2. The molecule has 21 heavy (non-hydrogen) atoms. The molecule has 2 heteroatoms. The third kappa shape index (κ3) is 1.88. The number of nitrogens with one attached hydrogen (secondary N) is 1. The van der Waals surface area contributed by atoms with Crippen LogP contribution in [0.5, 0.6) is 0 Å². The number of anilines is 2. The Balaban J connectivity index is 1.99. The van der Waals surface area contributed by atoms with Gasteiger partial charge in [0.1, 0.15) is 0 Å². The van der Waals surface area contributed by atoms with Crippen molar-refractivity contribution in [2.45, 2.75) is 0 Å². The smallest absolute Gasteiger partial charge is 0.0509 e. The zero-order valence-electron chi connectivity index (χ0n) is 11.9. The van der Waals surface area contributed by atoms with E-state index in [1.54, 1.807) is 0 Å². The fraction of sp³-hybridized carbons (Fsp3) is 0.0526. The van der Waals surface area contributed by atoms with Gasteiger partial charge >= 0.3 is 0 Å². The molecular weight excluding hydrogens is 256 g/mol. The Morgan fingerprint density at radius 3 is 2.29 bits per heavy atom. The van der Waals surface area contributed by atoms with E-state index in [1.807, 2.05) is 18.2 Å². The van der Waals surface area contributed by atoms with Crippen LogP contribution in [0, 0.1) is 0 Å². The number of hydrogen-bond donors (Lipinski definition) is 1. The molecule has 1 aromatic heterocycles. The summed E-state index contributed by atoms with van der Waals surface area (Å²) in [4.78, 5) is 0. The molecule has 0 fully saturated rings. The van der Waals surface area contributed by atoms with Gasteiger partial charge in [-0.25, -0.2) is 0 Å². The van der Waals surface area contributed by atoms with Crippen LogP contribution in [-0.4, -0.2) is 4.57 Å². The van der Waals surface area contributed by atoms with Gasteiger partial charge in [0.25, 0.3) is 0 Å². The Kier molecular flexibility index (Phi) is 2.68. The van der Waals surface area contributed by atoms with E-state index >= 15 is 0 Å². The minimum atomic E-state index is 1.11. The van der Waals surface area contributed by atoms with Crippen molar-refractivity contribution in [2.75, 3.05) is 5.32 Å². The van der Waals surface area contributed by atoms with Crippen molar-refractivity contribution in [2.24, 2.45) is 7.05 Å². The van der Waals surface area contributed by atoms with Crippen LogP contribution in [-0.2, 0) is 7.05 Å². The van der Waals surface area contributed by atoms with Gasteiger partial charge in [0.2, 0.25) is 0 Å². The standard InChI is InChI=1S/C19H16N2/c1-21-17-12-6-5-10-15(17)19-16(11-7-13-18(19)21)20-14-8-3-2-4-9-14/h2-13,20H,1H3. The molecule has 3 aromatic carbocycles. The highest BCUT2D eigenvalue weighted by atomic mass is 15.0. The monoisotopic (exact) mass is 272 g/mol. The van der Waals surface area contributed by atoms with Crippen molar-refractivity contribution >= 4 is 33.2 Å². The summed E-state index contributed by atoms with van der Waals surface area (Å²) < 4.78 is 2.25. The Morgan fingerprint density at radius 1 is 0.714 bits per heavy atom. The lowest BCUT2D eigenvalue weighted by Gasteiger charge is -2.08. The first kappa shape index (κ1) is 12.0. The van der Waals surface area contributed by atoms with Crippen LogP contribution in [0.2, 0.25) is 0 Å². The summed E-state index contributed by atoms with van der Waals surface area (Å²) >= 11 is 0. The first-order valence-electron chi connectivity index (χ1n) is 7.13. The summed E-state index contributed by atoms with van der Waals surface area (Å²) in [6.45, 7) is 0. The predicted octanol–water partition coefficient (Wildman–Crippen LogP) is 5.08. The maximum Gasteiger partial charge on any atom is 0.0509 e. The molecule has 0 radical (unpaired) electrons. The second kappa shape index (κ2) is 4.67. The molecule has 4 aromatic rings. The fourth-order valence-corrected chi connectivity index (χ4v) is 2.99. The van der Waals surface area contributed by atoms with Crippen molar-refractivity contribution in [3.8, 4) is 0 Å².